The number of aromatic nitrogens is 2. The summed E-state index contributed by atoms with van der Waals surface area (Å²) in [5.41, 5.74) is 1.88. The largest absolute Gasteiger partial charge is 0.348 e. The molecule has 7 heteroatoms. The Morgan fingerprint density at radius 1 is 1.22 bits per heavy atom. The van der Waals surface area contributed by atoms with Gasteiger partial charge in [-0.25, -0.2) is 14.4 Å². The number of nitrogens with zero attached hydrogens (tertiary/aromatic N) is 3. The number of carbonyl (C=O) groups is 2. The number of hydrogen-bond donors (Lipinski definition) is 1. The highest BCUT2D eigenvalue weighted by molar-refractivity contribution is 5.94. The van der Waals surface area contributed by atoms with E-state index in [0.717, 1.165) is 24.2 Å². The number of hydrogen-bond acceptors (Lipinski definition) is 4. The van der Waals surface area contributed by atoms with Crippen molar-refractivity contribution >= 4 is 11.8 Å². The average molecular weight is 370 g/mol. The van der Waals surface area contributed by atoms with Gasteiger partial charge in [0.2, 0.25) is 5.91 Å². The first kappa shape index (κ1) is 18.9. The van der Waals surface area contributed by atoms with Crippen LogP contribution >= 0.6 is 0 Å². The third kappa shape index (κ3) is 4.67. The highest BCUT2D eigenvalue weighted by atomic mass is 19.1. The van der Waals surface area contributed by atoms with Gasteiger partial charge in [-0.3, -0.25) is 9.59 Å². The van der Waals surface area contributed by atoms with Gasteiger partial charge in [0.05, 0.1) is 11.3 Å². The summed E-state index contributed by atoms with van der Waals surface area (Å²) in [6, 6.07) is 6.00. The molecule has 1 aromatic heterocycles. The van der Waals surface area contributed by atoms with Crippen LogP contribution in [0.1, 0.15) is 53.1 Å². The Morgan fingerprint density at radius 2 is 1.89 bits per heavy atom. The second kappa shape index (κ2) is 8.24. The molecule has 1 N–H and O–H groups in total. The maximum Gasteiger partial charge on any atom is 0.254 e. The van der Waals surface area contributed by atoms with E-state index >= 15 is 0 Å². The number of carbonyl (C=O) groups excluding carboxylic acids is 2. The molecule has 1 saturated heterocycles. The third-order valence-electron chi connectivity index (χ3n) is 4.91. The highest BCUT2D eigenvalue weighted by Gasteiger charge is 2.24. The van der Waals surface area contributed by atoms with E-state index in [2.05, 4.69) is 15.3 Å². The van der Waals surface area contributed by atoms with Crippen molar-refractivity contribution in [2.24, 2.45) is 0 Å². The van der Waals surface area contributed by atoms with Crippen molar-refractivity contribution in [1.82, 2.24) is 20.2 Å². The molecule has 3 rings (SSSR count). The molecular weight excluding hydrogens is 347 g/mol. The second-order valence-electron chi connectivity index (χ2n) is 6.82. The lowest BCUT2D eigenvalue weighted by Crippen LogP contribution is -2.36. The first-order chi connectivity index (χ1) is 12.9. The molecule has 0 bridgehead atoms. The summed E-state index contributed by atoms with van der Waals surface area (Å²) < 4.78 is 12.9. The fraction of sp³-hybridized carbons (Fsp3) is 0.400. The monoisotopic (exact) mass is 370 g/mol. The summed E-state index contributed by atoms with van der Waals surface area (Å²) in [6.07, 6.45) is 3.22. The van der Waals surface area contributed by atoms with Crippen molar-refractivity contribution in [3.05, 3.63) is 58.9 Å². The van der Waals surface area contributed by atoms with Crippen LogP contribution < -0.4 is 5.32 Å². The van der Waals surface area contributed by atoms with Gasteiger partial charge in [-0.15, -0.1) is 0 Å². The Hall–Kier alpha value is -2.83. The first-order valence-corrected chi connectivity index (χ1v) is 9.05. The maximum absolute atomic E-state index is 12.9. The van der Waals surface area contributed by atoms with Crippen LogP contribution in [0.3, 0.4) is 0 Å². The van der Waals surface area contributed by atoms with Crippen LogP contribution in [-0.2, 0) is 11.3 Å². The molecule has 1 aliphatic heterocycles. The predicted octanol–water partition coefficient (Wildman–Crippen LogP) is 2.58. The Kier molecular flexibility index (Phi) is 5.78. The van der Waals surface area contributed by atoms with Crippen molar-refractivity contribution in [2.45, 2.75) is 39.2 Å². The summed E-state index contributed by atoms with van der Waals surface area (Å²) in [5.74, 6) is 0.467. The molecule has 27 heavy (non-hydrogen) atoms. The second-order valence-corrected chi connectivity index (χ2v) is 6.82. The molecule has 2 aromatic rings. The molecule has 0 radical (unpaired) electrons. The minimum Gasteiger partial charge on any atom is -0.348 e. The molecule has 0 saturated carbocycles. The molecule has 142 valence electrons. The zero-order valence-electron chi connectivity index (χ0n) is 15.5. The van der Waals surface area contributed by atoms with E-state index in [4.69, 9.17) is 0 Å². The number of benzene rings is 1. The van der Waals surface area contributed by atoms with E-state index in [0.29, 0.717) is 30.9 Å². The molecule has 0 spiro atoms. The number of halogens is 1. The summed E-state index contributed by atoms with van der Waals surface area (Å²) in [7, 11) is 0. The van der Waals surface area contributed by atoms with E-state index in [-0.39, 0.29) is 23.5 Å². The van der Waals surface area contributed by atoms with Gasteiger partial charge >= 0.3 is 0 Å². The van der Waals surface area contributed by atoms with Crippen molar-refractivity contribution in [2.75, 3.05) is 13.1 Å². The Morgan fingerprint density at radius 3 is 2.48 bits per heavy atom. The Balaban J connectivity index is 1.61. The molecular formula is C20H23FN4O2. The fourth-order valence-corrected chi connectivity index (χ4v) is 3.24. The first-order valence-electron chi connectivity index (χ1n) is 9.05. The molecule has 2 amide bonds. The van der Waals surface area contributed by atoms with Crippen molar-refractivity contribution in [3.8, 4) is 0 Å². The molecule has 1 aromatic carbocycles. The predicted molar refractivity (Wildman–Crippen MR) is 98.6 cm³/mol. The van der Waals surface area contributed by atoms with Gasteiger partial charge in [0.15, 0.2) is 0 Å². The highest BCUT2D eigenvalue weighted by Crippen LogP contribution is 2.26. The van der Waals surface area contributed by atoms with E-state index in [1.54, 1.807) is 32.2 Å². The molecule has 2 heterocycles. The minimum atomic E-state index is -0.306. The van der Waals surface area contributed by atoms with Crippen molar-refractivity contribution in [3.63, 3.8) is 0 Å². The average Bonchev–Trinajstić information content (AvgIpc) is 2.67. The number of rotatable bonds is 4. The molecule has 1 aliphatic rings. The molecule has 0 atom stereocenters. The van der Waals surface area contributed by atoms with E-state index in [9.17, 15) is 14.0 Å². The van der Waals surface area contributed by atoms with Crippen LogP contribution in [0.4, 0.5) is 4.39 Å². The quantitative estimate of drug-likeness (QED) is 0.898. The van der Waals surface area contributed by atoms with Gasteiger partial charge in [0, 0.05) is 38.7 Å². The van der Waals surface area contributed by atoms with Crippen LogP contribution in [0.2, 0.25) is 0 Å². The summed E-state index contributed by atoms with van der Waals surface area (Å²) in [5, 5.41) is 2.81. The lowest BCUT2D eigenvalue weighted by Gasteiger charge is -2.30. The summed E-state index contributed by atoms with van der Waals surface area (Å²) >= 11 is 0. The number of amides is 2. The zero-order chi connectivity index (χ0) is 19.4. The van der Waals surface area contributed by atoms with Gasteiger partial charge in [0.25, 0.3) is 5.91 Å². The van der Waals surface area contributed by atoms with Gasteiger partial charge in [0.1, 0.15) is 11.6 Å². The summed E-state index contributed by atoms with van der Waals surface area (Å²) in [6.45, 7) is 5.11. The maximum atomic E-state index is 12.9. The van der Waals surface area contributed by atoms with Gasteiger partial charge in [-0.05, 0) is 37.5 Å². The number of aryl methyl sites for hydroxylation is 1. The topological polar surface area (TPSA) is 75.2 Å². The van der Waals surface area contributed by atoms with E-state index in [1.165, 1.54) is 12.1 Å². The zero-order valence-corrected chi connectivity index (χ0v) is 15.5. The van der Waals surface area contributed by atoms with E-state index < -0.39 is 0 Å². The summed E-state index contributed by atoms with van der Waals surface area (Å²) in [4.78, 5) is 34.6. The van der Waals surface area contributed by atoms with Crippen molar-refractivity contribution < 1.29 is 14.0 Å². The minimum absolute atomic E-state index is 0.0960. The van der Waals surface area contributed by atoms with E-state index in [1.807, 2.05) is 4.90 Å². The lowest BCUT2D eigenvalue weighted by atomic mass is 9.95. The van der Waals surface area contributed by atoms with Crippen LogP contribution in [0.25, 0.3) is 0 Å². The molecule has 6 nitrogen and oxygen atoms in total. The Labute approximate surface area is 157 Å². The lowest BCUT2D eigenvalue weighted by molar-refractivity contribution is -0.129. The molecule has 1 fully saturated rings. The number of nitrogens with one attached hydrogen (secondary N) is 1. The number of piperidine rings is 1. The van der Waals surface area contributed by atoms with Crippen LogP contribution in [0.5, 0.6) is 0 Å². The SMILES string of the molecule is CC(=O)N1CCC(c2ncc(C(=O)NCc3ccc(F)cc3)c(C)n2)CC1. The fourth-order valence-electron chi connectivity index (χ4n) is 3.24. The van der Waals surface area contributed by atoms with Crippen LogP contribution in [-0.4, -0.2) is 39.8 Å². The smallest absolute Gasteiger partial charge is 0.254 e. The number of likely N-dealkylation sites (tertiary alicyclic amines) is 1. The molecule has 0 unspecified atom stereocenters. The molecule has 0 aliphatic carbocycles. The van der Waals surface area contributed by atoms with Crippen molar-refractivity contribution in [1.29, 1.82) is 0 Å². The van der Waals surface area contributed by atoms with Crippen LogP contribution in [0, 0.1) is 12.7 Å². The standard InChI is InChI=1S/C20H23FN4O2/c1-13-18(20(27)23-11-15-3-5-17(21)6-4-15)12-22-19(24-13)16-7-9-25(10-8-16)14(2)26/h3-6,12,16H,7-11H2,1-2H3,(H,23,27). The van der Waals surface area contributed by atoms with Gasteiger partial charge < -0.3 is 10.2 Å². The van der Waals surface area contributed by atoms with Gasteiger partial charge in [-0.2, -0.15) is 0 Å². The van der Waals surface area contributed by atoms with Gasteiger partial charge in [-0.1, -0.05) is 12.1 Å². The van der Waals surface area contributed by atoms with Crippen LogP contribution in [0.15, 0.2) is 30.5 Å². The Bertz CT molecular complexity index is 830. The normalized spacial score (nSPS) is 14.9. The third-order valence-corrected chi connectivity index (χ3v) is 4.91.